The number of sulfonamides is 1. The van der Waals surface area contributed by atoms with E-state index in [4.69, 9.17) is 0 Å². The highest BCUT2D eigenvalue weighted by atomic mass is 79.9. The van der Waals surface area contributed by atoms with Gasteiger partial charge >= 0.3 is 0 Å². The topological polar surface area (TPSA) is 110 Å². The third-order valence-electron chi connectivity index (χ3n) is 3.62. The van der Waals surface area contributed by atoms with Crippen molar-refractivity contribution in [2.24, 2.45) is 0 Å². The number of carbonyl (C=O) groups excluding carboxylic acids is 1. The van der Waals surface area contributed by atoms with E-state index in [-0.39, 0.29) is 21.8 Å². The predicted molar refractivity (Wildman–Crippen MR) is 101 cm³/mol. The van der Waals surface area contributed by atoms with Crippen LogP contribution in [0.3, 0.4) is 0 Å². The van der Waals surface area contributed by atoms with Crippen LogP contribution in [0.2, 0.25) is 0 Å². The third-order valence-corrected chi connectivity index (χ3v) is 6.42. The van der Waals surface area contributed by atoms with Crippen LogP contribution < -0.4 is 5.32 Å². The number of nitro groups is 1. The number of halogens is 1. The number of carbonyl (C=O) groups is 1. The molecule has 0 aromatic heterocycles. The molecule has 2 rings (SSSR count). The number of rotatable bonds is 5. The van der Waals surface area contributed by atoms with Crippen LogP contribution in [-0.4, -0.2) is 37.6 Å². The van der Waals surface area contributed by atoms with Gasteiger partial charge in [-0.15, -0.1) is 0 Å². The molecule has 0 unspecified atom stereocenters. The molecule has 0 saturated carbocycles. The molecule has 0 atom stereocenters. The van der Waals surface area contributed by atoms with Gasteiger partial charge in [0.25, 0.3) is 11.6 Å². The first-order valence-electron chi connectivity index (χ1n) is 7.32. The van der Waals surface area contributed by atoms with Crippen LogP contribution in [0.1, 0.15) is 15.9 Å². The van der Waals surface area contributed by atoms with Crippen molar-refractivity contribution in [3.63, 3.8) is 0 Å². The van der Waals surface area contributed by atoms with Crippen LogP contribution in [0.4, 0.5) is 11.4 Å². The Morgan fingerprint density at radius 2 is 1.85 bits per heavy atom. The molecule has 0 saturated heterocycles. The van der Waals surface area contributed by atoms with Gasteiger partial charge in [-0.3, -0.25) is 14.9 Å². The van der Waals surface area contributed by atoms with Crippen LogP contribution in [0.15, 0.2) is 45.8 Å². The van der Waals surface area contributed by atoms with E-state index in [0.717, 1.165) is 4.31 Å². The van der Waals surface area contributed by atoms with E-state index in [1.807, 2.05) is 0 Å². The average Bonchev–Trinajstić information content (AvgIpc) is 2.56. The molecule has 10 heteroatoms. The highest BCUT2D eigenvalue weighted by molar-refractivity contribution is 9.10. The molecule has 0 radical (unpaired) electrons. The summed E-state index contributed by atoms with van der Waals surface area (Å²) in [5, 5.41) is 13.5. The van der Waals surface area contributed by atoms with E-state index in [1.165, 1.54) is 50.5 Å². The van der Waals surface area contributed by atoms with E-state index in [1.54, 1.807) is 6.92 Å². The quantitative estimate of drug-likeness (QED) is 0.565. The van der Waals surface area contributed by atoms with Crippen LogP contribution in [-0.2, 0) is 10.0 Å². The van der Waals surface area contributed by atoms with Crippen LogP contribution >= 0.6 is 15.9 Å². The molecule has 0 fully saturated rings. The van der Waals surface area contributed by atoms with Gasteiger partial charge in [-0.1, -0.05) is 6.07 Å². The molecule has 0 aliphatic heterocycles. The summed E-state index contributed by atoms with van der Waals surface area (Å²) in [7, 11) is -0.965. The van der Waals surface area contributed by atoms with Gasteiger partial charge in [0.1, 0.15) is 0 Å². The van der Waals surface area contributed by atoms with Crippen molar-refractivity contribution in [2.45, 2.75) is 11.8 Å². The number of hydrogen-bond acceptors (Lipinski definition) is 5. The zero-order chi connectivity index (χ0) is 19.6. The second-order valence-electron chi connectivity index (χ2n) is 5.65. The Bertz CT molecular complexity index is 989. The molecule has 0 bridgehead atoms. The third kappa shape index (κ3) is 4.09. The minimum absolute atomic E-state index is 0.0509. The lowest BCUT2D eigenvalue weighted by Crippen LogP contribution is -2.23. The number of aryl methyl sites for hydroxylation is 1. The van der Waals surface area contributed by atoms with Gasteiger partial charge in [-0.25, -0.2) is 12.7 Å². The number of benzene rings is 2. The molecule has 8 nitrogen and oxygen atoms in total. The molecular weight excluding hydrogens is 426 g/mol. The van der Waals surface area contributed by atoms with Gasteiger partial charge in [0.15, 0.2) is 0 Å². The largest absolute Gasteiger partial charge is 0.322 e. The maximum absolute atomic E-state index is 12.4. The highest BCUT2D eigenvalue weighted by Gasteiger charge is 2.22. The van der Waals surface area contributed by atoms with E-state index >= 15 is 0 Å². The lowest BCUT2D eigenvalue weighted by molar-refractivity contribution is -0.385. The molecule has 2 aromatic carbocycles. The van der Waals surface area contributed by atoms with Crippen molar-refractivity contribution in [3.8, 4) is 0 Å². The molecule has 1 N–H and O–H groups in total. The lowest BCUT2D eigenvalue weighted by Gasteiger charge is -2.14. The average molecular weight is 442 g/mol. The summed E-state index contributed by atoms with van der Waals surface area (Å²) in [6, 6.07) is 8.48. The van der Waals surface area contributed by atoms with Crippen molar-refractivity contribution in [2.75, 3.05) is 19.4 Å². The Morgan fingerprint density at radius 3 is 2.42 bits per heavy atom. The molecule has 0 spiro atoms. The summed E-state index contributed by atoms with van der Waals surface area (Å²) in [6.45, 7) is 1.59. The standard InChI is InChI=1S/C16H16BrN3O5S/c1-10-4-6-12(9-14(10)20(22)23)18-16(21)11-5-7-13(17)15(8-11)26(24,25)19(2)3/h4-9H,1-3H3,(H,18,21). The Labute approximate surface area is 159 Å². The molecule has 0 aliphatic rings. The van der Waals surface area contributed by atoms with Crippen molar-refractivity contribution < 1.29 is 18.1 Å². The van der Waals surface area contributed by atoms with Crippen LogP contribution in [0, 0.1) is 17.0 Å². The fourth-order valence-electron chi connectivity index (χ4n) is 2.13. The molecule has 0 aliphatic carbocycles. The molecule has 0 heterocycles. The minimum atomic E-state index is -3.74. The fourth-order valence-corrected chi connectivity index (χ4v) is 3.97. The Kier molecular flexibility index (Phi) is 5.79. The van der Waals surface area contributed by atoms with E-state index < -0.39 is 20.9 Å². The maximum atomic E-state index is 12.4. The van der Waals surface area contributed by atoms with Crippen molar-refractivity contribution >= 4 is 43.2 Å². The Hall–Kier alpha value is -2.30. The van der Waals surface area contributed by atoms with Gasteiger partial charge in [0, 0.05) is 41.4 Å². The number of anilines is 1. The Morgan fingerprint density at radius 1 is 1.19 bits per heavy atom. The maximum Gasteiger partial charge on any atom is 0.274 e. The second-order valence-corrected chi connectivity index (χ2v) is 8.62. The van der Waals surface area contributed by atoms with Crippen molar-refractivity contribution in [1.82, 2.24) is 4.31 Å². The summed E-state index contributed by atoms with van der Waals surface area (Å²) in [6.07, 6.45) is 0. The summed E-state index contributed by atoms with van der Waals surface area (Å²) in [5.41, 5.74) is 0.703. The number of amides is 1. The lowest BCUT2D eigenvalue weighted by atomic mass is 10.1. The number of nitrogens with one attached hydrogen (secondary N) is 1. The minimum Gasteiger partial charge on any atom is -0.322 e. The first-order chi connectivity index (χ1) is 12.0. The summed E-state index contributed by atoms with van der Waals surface area (Å²) in [4.78, 5) is 22.9. The number of hydrogen-bond donors (Lipinski definition) is 1. The highest BCUT2D eigenvalue weighted by Crippen LogP contribution is 2.26. The fraction of sp³-hybridized carbons (Fsp3) is 0.188. The van der Waals surface area contributed by atoms with Crippen molar-refractivity contribution in [1.29, 1.82) is 0 Å². The van der Waals surface area contributed by atoms with Crippen LogP contribution in [0.25, 0.3) is 0 Å². The zero-order valence-electron chi connectivity index (χ0n) is 14.2. The second kappa shape index (κ2) is 7.52. The summed E-state index contributed by atoms with van der Waals surface area (Å²) < 4.78 is 26.0. The molecule has 2 aromatic rings. The number of nitrogens with zero attached hydrogens (tertiary/aromatic N) is 2. The van der Waals surface area contributed by atoms with Gasteiger partial charge in [0.2, 0.25) is 10.0 Å². The summed E-state index contributed by atoms with van der Waals surface area (Å²) in [5.74, 6) is -0.578. The van der Waals surface area contributed by atoms with Gasteiger partial charge in [0.05, 0.1) is 9.82 Å². The zero-order valence-corrected chi connectivity index (χ0v) is 16.6. The molecule has 138 valence electrons. The number of nitro benzene ring substituents is 1. The predicted octanol–water partition coefficient (Wildman–Crippen LogP) is 3.17. The Balaban J connectivity index is 2.37. The van der Waals surface area contributed by atoms with E-state index in [2.05, 4.69) is 21.2 Å². The van der Waals surface area contributed by atoms with Gasteiger partial charge < -0.3 is 5.32 Å². The van der Waals surface area contributed by atoms with Crippen LogP contribution in [0.5, 0.6) is 0 Å². The smallest absolute Gasteiger partial charge is 0.274 e. The first kappa shape index (κ1) is 20.0. The summed E-state index contributed by atoms with van der Waals surface area (Å²) >= 11 is 3.17. The normalized spacial score (nSPS) is 11.4. The molecule has 1 amide bonds. The SMILES string of the molecule is Cc1ccc(NC(=O)c2ccc(Br)c(S(=O)(=O)N(C)C)c2)cc1[N+](=O)[O-]. The first-order valence-corrected chi connectivity index (χ1v) is 9.56. The molecule has 26 heavy (non-hydrogen) atoms. The monoisotopic (exact) mass is 441 g/mol. The molecular formula is C16H16BrN3O5S. The van der Waals surface area contributed by atoms with E-state index in [0.29, 0.717) is 10.0 Å². The van der Waals surface area contributed by atoms with Gasteiger partial charge in [-0.05, 0) is 47.1 Å². The van der Waals surface area contributed by atoms with Gasteiger partial charge in [-0.2, -0.15) is 0 Å². The van der Waals surface area contributed by atoms with Crippen molar-refractivity contribution in [3.05, 3.63) is 62.1 Å². The van der Waals surface area contributed by atoms with E-state index in [9.17, 15) is 23.3 Å².